The maximum atomic E-state index is 12.9. The number of benzene rings is 2. The van der Waals surface area contributed by atoms with Crippen LogP contribution in [-0.2, 0) is 22.6 Å². The van der Waals surface area contributed by atoms with E-state index >= 15 is 0 Å². The van der Waals surface area contributed by atoms with Crippen LogP contribution in [0.4, 0.5) is 0 Å². The molecule has 1 aromatic heterocycles. The van der Waals surface area contributed by atoms with Gasteiger partial charge in [0.25, 0.3) is 0 Å². The molecule has 2 aromatic carbocycles. The van der Waals surface area contributed by atoms with Crippen molar-refractivity contribution in [2.45, 2.75) is 38.4 Å². The van der Waals surface area contributed by atoms with Gasteiger partial charge in [0.15, 0.2) is 0 Å². The standard InChI is InChI=1S/C24H22N2O2S/c1-2-17-8-10-18(11-9-17)16-28-21-13-12-20(14-21)22(27)15-23-24(25-26-29-23)19-6-4-3-5-7-19/h1,3-11,20-21H,12-16H2/t20?,21-/m1/s1. The van der Waals surface area contributed by atoms with Crippen LogP contribution in [0.3, 0.4) is 0 Å². The van der Waals surface area contributed by atoms with E-state index in [1.165, 1.54) is 11.5 Å². The number of Topliss-reactive ketones (excluding diaryl/α,β-unsaturated/α-hetero) is 1. The fourth-order valence-electron chi connectivity index (χ4n) is 3.74. The minimum atomic E-state index is 0.0505. The molecule has 1 aliphatic carbocycles. The second-order valence-electron chi connectivity index (χ2n) is 7.34. The molecule has 5 heteroatoms. The lowest BCUT2D eigenvalue weighted by molar-refractivity contribution is -0.122. The second-order valence-corrected chi connectivity index (χ2v) is 8.18. The molecule has 4 nitrogen and oxygen atoms in total. The minimum absolute atomic E-state index is 0.0505. The number of rotatable bonds is 7. The van der Waals surface area contributed by atoms with Crippen molar-refractivity contribution in [3.8, 4) is 23.6 Å². The van der Waals surface area contributed by atoms with Gasteiger partial charge in [0.2, 0.25) is 0 Å². The fraction of sp³-hybridized carbons (Fsp3) is 0.292. The number of hydrogen-bond donors (Lipinski definition) is 0. The molecule has 0 bridgehead atoms. The molecule has 0 N–H and O–H groups in total. The second kappa shape index (κ2) is 9.13. The first kappa shape index (κ1) is 19.5. The van der Waals surface area contributed by atoms with Gasteiger partial charge in [-0.2, -0.15) is 0 Å². The molecule has 0 radical (unpaired) electrons. The van der Waals surface area contributed by atoms with Crippen molar-refractivity contribution in [3.63, 3.8) is 0 Å². The number of ether oxygens (including phenoxy) is 1. The average Bonchev–Trinajstić information content (AvgIpc) is 3.43. The molecule has 29 heavy (non-hydrogen) atoms. The summed E-state index contributed by atoms with van der Waals surface area (Å²) in [4.78, 5) is 13.8. The summed E-state index contributed by atoms with van der Waals surface area (Å²) in [5.41, 5.74) is 3.80. The summed E-state index contributed by atoms with van der Waals surface area (Å²) in [6.07, 6.45) is 8.50. The summed E-state index contributed by atoms with van der Waals surface area (Å²) in [6.45, 7) is 0.549. The summed E-state index contributed by atoms with van der Waals surface area (Å²) in [5, 5.41) is 4.24. The van der Waals surface area contributed by atoms with E-state index in [0.717, 1.165) is 46.5 Å². The molecule has 0 spiro atoms. The zero-order valence-corrected chi connectivity index (χ0v) is 16.9. The maximum absolute atomic E-state index is 12.9. The molecule has 1 aliphatic rings. The molecular weight excluding hydrogens is 380 g/mol. The average molecular weight is 403 g/mol. The van der Waals surface area contributed by atoms with Gasteiger partial charge in [-0.15, -0.1) is 11.5 Å². The molecule has 2 atom stereocenters. The zero-order valence-electron chi connectivity index (χ0n) is 16.1. The van der Waals surface area contributed by atoms with Crippen LogP contribution >= 0.6 is 11.5 Å². The van der Waals surface area contributed by atoms with Gasteiger partial charge in [0.05, 0.1) is 17.6 Å². The van der Waals surface area contributed by atoms with Crippen LogP contribution in [0.25, 0.3) is 11.3 Å². The quantitative estimate of drug-likeness (QED) is 0.538. The molecule has 0 amide bonds. The van der Waals surface area contributed by atoms with Gasteiger partial charge in [-0.3, -0.25) is 4.79 Å². The van der Waals surface area contributed by atoms with Crippen molar-refractivity contribution in [2.75, 3.05) is 0 Å². The third-order valence-electron chi connectivity index (χ3n) is 5.38. The van der Waals surface area contributed by atoms with Crippen LogP contribution in [-0.4, -0.2) is 21.5 Å². The molecule has 146 valence electrons. The Bertz CT molecular complexity index is 1010. The van der Waals surface area contributed by atoms with Crippen molar-refractivity contribution in [3.05, 3.63) is 70.6 Å². The zero-order chi connectivity index (χ0) is 20.1. The van der Waals surface area contributed by atoms with Crippen LogP contribution in [0.1, 0.15) is 35.3 Å². The maximum Gasteiger partial charge on any atom is 0.141 e. The summed E-state index contributed by atoms with van der Waals surface area (Å²) in [7, 11) is 0. The van der Waals surface area contributed by atoms with Gasteiger partial charge in [-0.05, 0) is 48.5 Å². The van der Waals surface area contributed by atoms with Crippen LogP contribution in [0, 0.1) is 18.3 Å². The Balaban J connectivity index is 1.31. The van der Waals surface area contributed by atoms with Crippen molar-refractivity contribution in [1.29, 1.82) is 0 Å². The van der Waals surface area contributed by atoms with Gasteiger partial charge >= 0.3 is 0 Å². The van der Waals surface area contributed by atoms with Gasteiger partial charge in [-0.1, -0.05) is 52.9 Å². The third kappa shape index (κ3) is 4.79. The molecule has 1 fully saturated rings. The van der Waals surface area contributed by atoms with E-state index in [1.807, 2.05) is 54.6 Å². The SMILES string of the molecule is C#Cc1ccc(CO[C@@H]2CCC(C(=O)Cc3snnc3-c3ccccc3)C2)cc1. The predicted octanol–water partition coefficient (Wildman–Crippen LogP) is 4.68. The number of terminal acetylenes is 1. The van der Waals surface area contributed by atoms with E-state index in [4.69, 9.17) is 11.2 Å². The van der Waals surface area contributed by atoms with Crippen LogP contribution < -0.4 is 0 Å². The third-order valence-corrected chi connectivity index (χ3v) is 6.11. The number of carbonyl (C=O) groups excluding carboxylic acids is 1. The summed E-state index contributed by atoms with van der Waals surface area (Å²) in [6, 6.07) is 17.7. The monoisotopic (exact) mass is 402 g/mol. The molecule has 4 rings (SSSR count). The molecule has 3 aromatic rings. The Labute approximate surface area is 175 Å². The number of hydrogen-bond acceptors (Lipinski definition) is 5. The molecule has 1 saturated carbocycles. The highest BCUT2D eigenvalue weighted by atomic mass is 32.1. The van der Waals surface area contributed by atoms with Crippen molar-refractivity contribution < 1.29 is 9.53 Å². The number of ketones is 1. The van der Waals surface area contributed by atoms with Crippen LogP contribution in [0.5, 0.6) is 0 Å². The topological polar surface area (TPSA) is 52.1 Å². The molecular formula is C24H22N2O2S. The predicted molar refractivity (Wildman–Crippen MR) is 114 cm³/mol. The van der Waals surface area contributed by atoms with Gasteiger partial charge in [-0.25, -0.2) is 0 Å². The number of aromatic nitrogens is 2. The molecule has 0 aliphatic heterocycles. The molecule has 1 heterocycles. The van der Waals surface area contributed by atoms with E-state index in [2.05, 4.69) is 15.5 Å². The largest absolute Gasteiger partial charge is 0.374 e. The van der Waals surface area contributed by atoms with Gasteiger partial charge < -0.3 is 4.74 Å². The Kier molecular flexibility index (Phi) is 6.14. The van der Waals surface area contributed by atoms with Crippen molar-refractivity contribution in [1.82, 2.24) is 9.59 Å². The molecule has 1 unspecified atom stereocenters. The van der Waals surface area contributed by atoms with E-state index < -0.39 is 0 Å². The van der Waals surface area contributed by atoms with Crippen LogP contribution in [0.2, 0.25) is 0 Å². The van der Waals surface area contributed by atoms with Gasteiger partial charge in [0, 0.05) is 23.5 Å². The Morgan fingerprint density at radius 3 is 2.69 bits per heavy atom. The number of nitrogens with zero attached hydrogens (tertiary/aromatic N) is 2. The van der Waals surface area contributed by atoms with E-state index in [-0.39, 0.29) is 17.8 Å². The fourth-order valence-corrected chi connectivity index (χ4v) is 4.41. The molecule has 0 saturated heterocycles. The first-order valence-electron chi connectivity index (χ1n) is 9.79. The highest BCUT2D eigenvalue weighted by molar-refractivity contribution is 7.06. The van der Waals surface area contributed by atoms with Crippen molar-refractivity contribution in [2.24, 2.45) is 5.92 Å². The van der Waals surface area contributed by atoms with E-state index in [9.17, 15) is 4.79 Å². The minimum Gasteiger partial charge on any atom is -0.374 e. The summed E-state index contributed by atoms with van der Waals surface area (Å²) in [5.74, 6) is 2.93. The first-order chi connectivity index (χ1) is 14.2. The van der Waals surface area contributed by atoms with Crippen molar-refractivity contribution >= 4 is 17.3 Å². The summed E-state index contributed by atoms with van der Waals surface area (Å²) >= 11 is 1.32. The Morgan fingerprint density at radius 2 is 1.93 bits per heavy atom. The lowest BCUT2D eigenvalue weighted by Gasteiger charge is -2.12. The lowest BCUT2D eigenvalue weighted by Crippen LogP contribution is -2.16. The smallest absolute Gasteiger partial charge is 0.141 e. The highest BCUT2D eigenvalue weighted by Gasteiger charge is 2.31. The Morgan fingerprint density at radius 1 is 1.14 bits per heavy atom. The Hall–Kier alpha value is -2.81. The highest BCUT2D eigenvalue weighted by Crippen LogP contribution is 2.32. The number of carbonyl (C=O) groups is 1. The van der Waals surface area contributed by atoms with E-state index in [0.29, 0.717) is 13.0 Å². The summed E-state index contributed by atoms with van der Waals surface area (Å²) < 4.78 is 10.1. The first-order valence-corrected chi connectivity index (χ1v) is 10.6. The van der Waals surface area contributed by atoms with E-state index in [1.54, 1.807) is 0 Å². The normalized spacial score (nSPS) is 18.4. The lowest BCUT2D eigenvalue weighted by atomic mass is 9.98. The van der Waals surface area contributed by atoms with Gasteiger partial charge in [0.1, 0.15) is 11.5 Å². The van der Waals surface area contributed by atoms with Crippen LogP contribution in [0.15, 0.2) is 54.6 Å².